The minimum Gasteiger partial charge on any atom is -0.497 e. The Morgan fingerprint density at radius 3 is 2.26 bits per heavy atom. The van der Waals surface area contributed by atoms with E-state index in [0.717, 1.165) is 23.6 Å². The topological polar surface area (TPSA) is 47.6 Å². The first kappa shape index (κ1) is 16.9. The van der Waals surface area contributed by atoms with Crippen molar-refractivity contribution in [1.82, 2.24) is 0 Å². The first-order valence-corrected chi connectivity index (χ1v) is 7.87. The molecular formula is C19H23NO3. The summed E-state index contributed by atoms with van der Waals surface area (Å²) < 4.78 is 10.7. The van der Waals surface area contributed by atoms with E-state index in [9.17, 15) is 4.79 Å². The highest BCUT2D eigenvalue weighted by Gasteiger charge is 2.03. The first-order chi connectivity index (χ1) is 11.2. The smallest absolute Gasteiger partial charge is 0.224 e. The highest BCUT2D eigenvalue weighted by molar-refractivity contribution is 5.90. The van der Waals surface area contributed by atoms with Gasteiger partial charge < -0.3 is 14.8 Å². The van der Waals surface area contributed by atoms with E-state index in [4.69, 9.17) is 9.47 Å². The van der Waals surface area contributed by atoms with Gasteiger partial charge in [0.1, 0.15) is 11.5 Å². The van der Waals surface area contributed by atoms with E-state index in [0.29, 0.717) is 19.4 Å². The monoisotopic (exact) mass is 313 g/mol. The van der Waals surface area contributed by atoms with Gasteiger partial charge in [-0.1, -0.05) is 19.1 Å². The third-order valence-corrected chi connectivity index (χ3v) is 3.52. The number of nitrogens with one attached hydrogen (secondary N) is 1. The fourth-order valence-electron chi connectivity index (χ4n) is 2.14. The summed E-state index contributed by atoms with van der Waals surface area (Å²) in [4.78, 5) is 11.9. The summed E-state index contributed by atoms with van der Waals surface area (Å²) in [5.74, 6) is 1.58. The third-order valence-electron chi connectivity index (χ3n) is 3.52. The molecule has 0 atom stereocenters. The van der Waals surface area contributed by atoms with Crippen molar-refractivity contribution in [2.45, 2.75) is 26.2 Å². The fraction of sp³-hybridized carbons (Fsp3) is 0.316. The summed E-state index contributed by atoms with van der Waals surface area (Å²) in [6, 6.07) is 15.3. The number of benzene rings is 2. The molecule has 0 aliphatic carbocycles. The van der Waals surface area contributed by atoms with Crippen LogP contribution in [-0.4, -0.2) is 19.6 Å². The molecule has 2 rings (SSSR count). The van der Waals surface area contributed by atoms with Crippen LogP contribution in [0.5, 0.6) is 11.5 Å². The molecule has 0 spiro atoms. The molecule has 0 fully saturated rings. The van der Waals surface area contributed by atoms with E-state index < -0.39 is 0 Å². The van der Waals surface area contributed by atoms with Crippen molar-refractivity contribution in [3.63, 3.8) is 0 Å². The van der Waals surface area contributed by atoms with Gasteiger partial charge in [-0.3, -0.25) is 4.79 Å². The maximum atomic E-state index is 11.9. The molecule has 2 aromatic rings. The minimum atomic E-state index is 0.00702. The lowest BCUT2D eigenvalue weighted by Crippen LogP contribution is -2.12. The van der Waals surface area contributed by atoms with Crippen molar-refractivity contribution in [1.29, 1.82) is 0 Å². The summed E-state index contributed by atoms with van der Waals surface area (Å²) in [6.45, 7) is 2.62. The Hall–Kier alpha value is -2.49. The van der Waals surface area contributed by atoms with Crippen molar-refractivity contribution in [2.24, 2.45) is 0 Å². The van der Waals surface area contributed by atoms with Gasteiger partial charge >= 0.3 is 0 Å². The molecule has 4 heteroatoms. The molecule has 0 heterocycles. The zero-order valence-corrected chi connectivity index (χ0v) is 13.7. The quantitative estimate of drug-likeness (QED) is 0.748. The van der Waals surface area contributed by atoms with Crippen LogP contribution in [0, 0.1) is 0 Å². The zero-order valence-electron chi connectivity index (χ0n) is 13.7. The predicted octanol–water partition coefficient (Wildman–Crippen LogP) is 4.06. The maximum Gasteiger partial charge on any atom is 0.224 e. The molecule has 0 aliphatic rings. The summed E-state index contributed by atoms with van der Waals surface area (Å²) in [7, 11) is 1.63. The Balaban J connectivity index is 1.67. The number of rotatable bonds is 8. The number of aryl methyl sites for hydroxylation is 1. The Morgan fingerprint density at radius 2 is 1.65 bits per heavy atom. The molecular weight excluding hydrogens is 290 g/mol. The van der Waals surface area contributed by atoms with Gasteiger partial charge in [0.2, 0.25) is 5.91 Å². The lowest BCUT2D eigenvalue weighted by molar-refractivity contribution is -0.116. The number of anilines is 1. The zero-order chi connectivity index (χ0) is 16.5. The lowest BCUT2D eigenvalue weighted by atomic mass is 10.1. The minimum absolute atomic E-state index is 0.00702. The number of methoxy groups -OCH3 is 1. The van der Waals surface area contributed by atoms with Crippen LogP contribution in [0.2, 0.25) is 0 Å². The van der Waals surface area contributed by atoms with Crippen LogP contribution in [0.3, 0.4) is 0 Å². The van der Waals surface area contributed by atoms with Crippen LogP contribution in [0.25, 0.3) is 0 Å². The number of ether oxygens (including phenoxy) is 2. The average Bonchev–Trinajstić information content (AvgIpc) is 2.60. The normalized spacial score (nSPS) is 10.2. The Morgan fingerprint density at radius 1 is 1.00 bits per heavy atom. The Kier molecular flexibility index (Phi) is 6.48. The standard InChI is InChI=1S/C19H23NO3/c1-3-15-6-8-16(9-7-15)20-19(21)5-4-14-23-18-12-10-17(22-2)11-13-18/h6-13H,3-5,14H2,1-2H3,(H,20,21). The van der Waals surface area contributed by atoms with E-state index in [-0.39, 0.29) is 5.91 Å². The number of amides is 1. The van der Waals surface area contributed by atoms with Crippen molar-refractivity contribution in [3.8, 4) is 11.5 Å². The van der Waals surface area contributed by atoms with Crippen LogP contribution >= 0.6 is 0 Å². The van der Waals surface area contributed by atoms with Crippen LogP contribution in [0.4, 0.5) is 5.69 Å². The van der Waals surface area contributed by atoms with E-state index in [2.05, 4.69) is 12.2 Å². The van der Waals surface area contributed by atoms with Gasteiger partial charge in [0.25, 0.3) is 0 Å². The SMILES string of the molecule is CCc1ccc(NC(=O)CCCOc2ccc(OC)cc2)cc1. The highest BCUT2D eigenvalue weighted by Crippen LogP contribution is 2.17. The lowest BCUT2D eigenvalue weighted by Gasteiger charge is -2.08. The van der Waals surface area contributed by atoms with Gasteiger partial charge in [-0.05, 0) is 54.8 Å². The summed E-state index contributed by atoms with van der Waals surface area (Å²) in [5.41, 5.74) is 2.10. The predicted molar refractivity (Wildman–Crippen MR) is 92.2 cm³/mol. The van der Waals surface area contributed by atoms with Gasteiger partial charge in [0.05, 0.1) is 13.7 Å². The molecule has 4 nitrogen and oxygen atoms in total. The third kappa shape index (κ3) is 5.66. The molecule has 1 amide bonds. The molecule has 0 aromatic heterocycles. The molecule has 23 heavy (non-hydrogen) atoms. The maximum absolute atomic E-state index is 11.9. The Labute approximate surface area is 137 Å². The van der Waals surface area contributed by atoms with Crippen LogP contribution in [0.15, 0.2) is 48.5 Å². The van der Waals surface area contributed by atoms with Gasteiger partial charge in [-0.25, -0.2) is 0 Å². The summed E-state index contributed by atoms with van der Waals surface area (Å²) in [6.07, 6.45) is 2.10. The van der Waals surface area contributed by atoms with Crippen molar-refractivity contribution < 1.29 is 14.3 Å². The molecule has 0 unspecified atom stereocenters. The van der Waals surface area contributed by atoms with Crippen LogP contribution < -0.4 is 14.8 Å². The van der Waals surface area contributed by atoms with E-state index in [1.807, 2.05) is 48.5 Å². The molecule has 0 saturated carbocycles. The van der Waals surface area contributed by atoms with Gasteiger partial charge in [-0.2, -0.15) is 0 Å². The van der Waals surface area contributed by atoms with Crippen molar-refractivity contribution >= 4 is 11.6 Å². The second-order valence-corrected chi connectivity index (χ2v) is 5.23. The number of carbonyl (C=O) groups is 1. The fourth-order valence-corrected chi connectivity index (χ4v) is 2.14. The molecule has 2 aromatic carbocycles. The Bertz CT molecular complexity index is 606. The van der Waals surface area contributed by atoms with Crippen molar-refractivity contribution in [2.75, 3.05) is 19.0 Å². The number of hydrogen-bond acceptors (Lipinski definition) is 3. The number of carbonyl (C=O) groups excluding carboxylic acids is 1. The molecule has 0 saturated heterocycles. The molecule has 0 radical (unpaired) electrons. The van der Waals surface area contributed by atoms with Crippen LogP contribution in [-0.2, 0) is 11.2 Å². The second kappa shape index (κ2) is 8.83. The first-order valence-electron chi connectivity index (χ1n) is 7.87. The van der Waals surface area contributed by atoms with E-state index in [1.165, 1.54) is 5.56 Å². The van der Waals surface area contributed by atoms with Gasteiger partial charge in [0, 0.05) is 12.1 Å². The van der Waals surface area contributed by atoms with Gasteiger partial charge in [-0.15, -0.1) is 0 Å². The summed E-state index contributed by atoms with van der Waals surface area (Å²) >= 11 is 0. The van der Waals surface area contributed by atoms with Crippen molar-refractivity contribution in [3.05, 3.63) is 54.1 Å². The summed E-state index contributed by atoms with van der Waals surface area (Å²) in [5, 5.41) is 2.90. The molecule has 122 valence electrons. The highest BCUT2D eigenvalue weighted by atomic mass is 16.5. The largest absolute Gasteiger partial charge is 0.497 e. The number of hydrogen-bond donors (Lipinski definition) is 1. The van der Waals surface area contributed by atoms with Gasteiger partial charge in [0.15, 0.2) is 0 Å². The van der Waals surface area contributed by atoms with E-state index >= 15 is 0 Å². The second-order valence-electron chi connectivity index (χ2n) is 5.23. The molecule has 0 bridgehead atoms. The van der Waals surface area contributed by atoms with E-state index in [1.54, 1.807) is 7.11 Å². The molecule has 0 aliphatic heterocycles. The van der Waals surface area contributed by atoms with Crippen LogP contribution in [0.1, 0.15) is 25.3 Å². The average molecular weight is 313 g/mol. The molecule has 1 N–H and O–H groups in total.